The fourth-order valence-electron chi connectivity index (χ4n) is 3.10. The van der Waals surface area contributed by atoms with Crippen molar-refractivity contribution in [2.75, 3.05) is 39.3 Å². The second kappa shape index (κ2) is 8.98. The quantitative estimate of drug-likeness (QED) is 0.841. The number of aliphatic hydroxyl groups is 1. The fraction of sp³-hybridized carbons (Fsp3) is 0.368. The second-order valence-corrected chi connectivity index (χ2v) is 6.70. The molecule has 0 unspecified atom stereocenters. The number of β-amino-alcohol motifs (C(OH)–C–C–N with tert-alkyl or cyclic N) is 1. The minimum atomic E-state index is -0.266. The fourth-order valence-corrected chi connectivity index (χ4v) is 3.23. The number of piperazine rings is 1. The summed E-state index contributed by atoms with van der Waals surface area (Å²) >= 11 is 6.00. The summed E-state index contributed by atoms with van der Waals surface area (Å²) in [6, 6.07) is 10.9. The number of amides is 2. The number of urea groups is 1. The van der Waals surface area contributed by atoms with Crippen LogP contribution in [0.25, 0.3) is 0 Å². The molecule has 1 aliphatic heterocycles. The molecule has 1 aromatic carbocycles. The van der Waals surface area contributed by atoms with E-state index in [0.717, 1.165) is 24.2 Å². The lowest BCUT2D eigenvalue weighted by Gasteiger charge is -2.35. The summed E-state index contributed by atoms with van der Waals surface area (Å²) in [7, 11) is 0. The van der Waals surface area contributed by atoms with Gasteiger partial charge in [0.25, 0.3) is 0 Å². The molecule has 1 saturated heterocycles. The normalized spacial score (nSPS) is 16.3. The highest BCUT2D eigenvalue weighted by atomic mass is 35.5. The Morgan fingerprint density at radius 1 is 1.08 bits per heavy atom. The molecule has 2 amide bonds. The van der Waals surface area contributed by atoms with Crippen molar-refractivity contribution in [1.29, 1.82) is 0 Å². The van der Waals surface area contributed by atoms with Crippen LogP contribution in [0.15, 0.2) is 48.8 Å². The Labute approximate surface area is 158 Å². The summed E-state index contributed by atoms with van der Waals surface area (Å²) in [6.07, 6.45) is 3.44. The SMILES string of the molecule is O=C(N[C@H](c1ccncc1)c1ccc(Cl)cc1)N1CCN(CCO)CC1. The number of hydrogen-bond acceptors (Lipinski definition) is 4. The van der Waals surface area contributed by atoms with Gasteiger partial charge in [0, 0.05) is 50.1 Å². The number of pyridine rings is 1. The number of hydrogen-bond donors (Lipinski definition) is 2. The minimum Gasteiger partial charge on any atom is -0.395 e. The van der Waals surface area contributed by atoms with E-state index in [9.17, 15) is 4.79 Å². The maximum absolute atomic E-state index is 12.8. The Bertz CT molecular complexity index is 703. The molecule has 0 radical (unpaired) electrons. The average molecular weight is 375 g/mol. The smallest absolute Gasteiger partial charge is 0.318 e. The van der Waals surface area contributed by atoms with Crippen molar-refractivity contribution < 1.29 is 9.90 Å². The van der Waals surface area contributed by atoms with Crippen LogP contribution >= 0.6 is 11.6 Å². The molecule has 0 spiro atoms. The summed E-state index contributed by atoms with van der Waals surface area (Å²) in [4.78, 5) is 20.8. The molecule has 7 heteroatoms. The van der Waals surface area contributed by atoms with E-state index in [1.165, 1.54) is 0 Å². The molecule has 0 bridgehead atoms. The van der Waals surface area contributed by atoms with Crippen LogP contribution in [0.1, 0.15) is 17.2 Å². The first-order chi connectivity index (χ1) is 12.7. The lowest BCUT2D eigenvalue weighted by Crippen LogP contribution is -2.52. The summed E-state index contributed by atoms with van der Waals surface area (Å²) in [5.41, 5.74) is 1.93. The number of rotatable bonds is 5. The Morgan fingerprint density at radius 2 is 1.69 bits per heavy atom. The maximum atomic E-state index is 12.8. The highest BCUT2D eigenvalue weighted by molar-refractivity contribution is 6.30. The van der Waals surface area contributed by atoms with Crippen molar-refractivity contribution >= 4 is 17.6 Å². The van der Waals surface area contributed by atoms with Crippen molar-refractivity contribution in [2.24, 2.45) is 0 Å². The van der Waals surface area contributed by atoms with Gasteiger partial charge in [-0.15, -0.1) is 0 Å². The van der Waals surface area contributed by atoms with Gasteiger partial charge >= 0.3 is 6.03 Å². The number of halogens is 1. The van der Waals surface area contributed by atoms with E-state index in [1.54, 1.807) is 12.4 Å². The van der Waals surface area contributed by atoms with E-state index >= 15 is 0 Å². The third kappa shape index (κ3) is 4.72. The van der Waals surface area contributed by atoms with Crippen LogP contribution in [0.4, 0.5) is 4.79 Å². The van der Waals surface area contributed by atoms with Crippen molar-refractivity contribution in [3.05, 3.63) is 64.9 Å². The third-order valence-corrected chi connectivity index (χ3v) is 4.84. The number of benzene rings is 1. The van der Waals surface area contributed by atoms with E-state index in [1.807, 2.05) is 41.3 Å². The molecule has 138 valence electrons. The molecule has 2 heterocycles. The summed E-state index contributed by atoms with van der Waals surface area (Å²) in [5, 5.41) is 12.8. The van der Waals surface area contributed by atoms with Crippen molar-refractivity contribution in [1.82, 2.24) is 20.1 Å². The summed E-state index contributed by atoms with van der Waals surface area (Å²) < 4.78 is 0. The first-order valence-corrected chi connectivity index (χ1v) is 9.09. The summed E-state index contributed by atoms with van der Waals surface area (Å²) in [6.45, 7) is 3.64. The van der Waals surface area contributed by atoms with Crippen LogP contribution in [0.2, 0.25) is 5.02 Å². The molecule has 1 atom stereocenters. The molecule has 1 aliphatic rings. The molecule has 0 saturated carbocycles. The third-order valence-electron chi connectivity index (χ3n) is 4.59. The van der Waals surface area contributed by atoms with Crippen LogP contribution in [0, 0.1) is 0 Å². The standard InChI is InChI=1S/C19H23ClN4O2/c20-17-3-1-15(2-4-17)18(16-5-7-21-8-6-16)22-19(26)24-11-9-23(10-12-24)13-14-25/h1-8,18,25H,9-14H2,(H,22,26)/t18-/m0/s1. The van der Waals surface area contributed by atoms with E-state index in [0.29, 0.717) is 24.7 Å². The summed E-state index contributed by atoms with van der Waals surface area (Å²) in [5.74, 6) is 0. The first kappa shape index (κ1) is 18.6. The lowest BCUT2D eigenvalue weighted by atomic mass is 10.00. The zero-order valence-electron chi connectivity index (χ0n) is 14.5. The van der Waals surface area contributed by atoms with Crippen LogP contribution in [-0.4, -0.2) is 65.3 Å². The molecule has 2 aromatic rings. The zero-order valence-corrected chi connectivity index (χ0v) is 15.3. The van der Waals surface area contributed by atoms with Crippen LogP contribution < -0.4 is 5.32 Å². The number of aliphatic hydroxyl groups excluding tert-OH is 1. The average Bonchev–Trinajstić information content (AvgIpc) is 2.68. The molecular formula is C19H23ClN4O2. The molecule has 1 fully saturated rings. The highest BCUT2D eigenvalue weighted by Gasteiger charge is 2.24. The molecule has 0 aliphatic carbocycles. The van der Waals surface area contributed by atoms with Gasteiger partial charge in [0.05, 0.1) is 12.6 Å². The van der Waals surface area contributed by atoms with Crippen LogP contribution in [-0.2, 0) is 0 Å². The van der Waals surface area contributed by atoms with Gasteiger partial charge in [0.1, 0.15) is 0 Å². The predicted molar refractivity (Wildman–Crippen MR) is 101 cm³/mol. The van der Waals surface area contributed by atoms with Gasteiger partial charge in [0.15, 0.2) is 0 Å². The van der Waals surface area contributed by atoms with Crippen LogP contribution in [0.3, 0.4) is 0 Å². The molecule has 26 heavy (non-hydrogen) atoms. The van der Waals surface area contributed by atoms with E-state index < -0.39 is 0 Å². The van der Waals surface area contributed by atoms with Crippen molar-refractivity contribution in [2.45, 2.75) is 6.04 Å². The molecular weight excluding hydrogens is 352 g/mol. The monoisotopic (exact) mass is 374 g/mol. The van der Waals surface area contributed by atoms with Gasteiger partial charge in [-0.25, -0.2) is 4.79 Å². The Kier molecular flexibility index (Phi) is 6.44. The maximum Gasteiger partial charge on any atom is 0.318 e. The highest BCUT2D eigenvalue weighted by Crippen LogP contribution is 2.23. The Hall–Kier alpha value is -2.15. The van der Waals surface area contributed by atoms with Gasteiger partial charge in [-0.1, -0.05) is 23.7 Å². The zero-order chi connectivity index (χ0) is 18.4. The van der Waals surface area contributed by atoms with E-state index in [4.69, 9.17) is 16.7 Å². The van der Waals surface area contributed by atoms with Gasteiger partial charge in [-0.05, 0) is 35.4 Å². The number of aromatic nitrogens is 1. The second-order valence-electron chi connectivity index (χ2n) is 6.27. The number of carbonyl (C=O) groups excluding carboxylic acids is 1. The van der Waals surface area contributed by atoms with Crippen molar-refractivity contribution in [3.8, 4) is 0 Å². The topological polar surface area (TPSA) is 68.7 Å². The van der Waals surface area contributed by atoms with Gasteiger partial charge < -0.3 is 15.3 Å². The Morgan fingerprint density at radius 3 is 2.31 bits per heavy atom. The molecule has 2 N–H and O–H groups in total. The molecule has 3 rings (SSSR count). The van der Waals surface area contributed by atoms with Gasteiger partial charge in [-0.2, -0.15) is 0 Å². The van der Waals surface area contributed by atoms with Crippen molar-refractivity contribution in [3.63, 3.8) is 0 Å². The lowest BCUT2D eigenvalue weighted by molar-refractivity contribution is 0.121. The number of nitrogens with zero attached hydrogens (tertiary/aromatic N) is 3. The minimum absolute atomic E-state index is 0.0922. The van der Waals surface area contributed by atoms with Crippen LogP contribution in [0.5, 0.6) is 0 Å². The van der Waals surface area contributed by atoms with Gasteiger partial charge in [0.2, 0.25) is 0 Å². The molecule has 6 nitrogen and oxygen atoms in total. The predicted octanol–water partition coefficient (Wildman–Crippen LogP) is 2.14. The molecule has 1 aromatic heterocycles. The number of nitrogens with one attached hydrogen (secondary N) is 1. The van der Waals surface area contributed by atoms with E-state index in [2.05, 4.69) is 15.2 Å². The largest absolute Gasteiger partial charge is 0.395 e. The van der Waals surface area contributed by atoms with Gasteiger partial charge in [-0.3, -0.25) is 9.88 Å². The Balaban J connectivity index is 1.72. The van der Waals surface area contributed by atoms with E-state index in [-0.39, 0.29) is 18.7 Å². The first-order valence-electron chi connectivity index (χ1n) is 8.71. The number of carbonyl (C=O) groups is 1.